The second kappa shape index (κ2) is 8.50. The van der Waals surface area contributed by atoms with Crippen molar-refractivity contribution in [2.24, 2.45) is 5.73 Å². The molecule has 0 spiro atoms. The number of carbonyl (C=O) groups is 1. The van der Waals surface area contributed by atoms with E-state index in [0.717, 1.165) is 30.9 Å². The average molecular weight is 265 g/mol. The van der Waals surface area contributed by atoms with Crippen LogP contribution < -0.4 is 15.8 Å². The monoisotopic (exact) mass is 265 g/mol. The first kappa shape index (κ1) is 15.5. The van der Waals surface area contributed by atoms with Gasteiger partial charge in [0.25, 0.3) is 0 Å². The minimum Gasteiger partial charge on any atom is -0.497 e. The lowest BCUT2D eigenvalue weighted by Crippen LogP contribution is -2.34. The number of ether oxygens (including phenoxy) is 1. The summed E-state index contributed by atoms with van der Waals surface area (Å²) in [6.07, 6.45) is 0.903. The van der Waals surface area contributed by atoms with Crippen LogP contribution >= 0.6 is 0 Å². The molecule has 0 aliphatic heterocycles. The number of hydrogen-bond donors (Lipinski definition) is 2. The Morgan fingerprint density at radius 3 is 2.89 bits per heavy atom. The molecule has 0 heterocycles. The predicted octanol–water partition coefficient (Wildman–Crippen LogP) is 1.30. The van der Waals surface area contributed by atoms with Gasteiger partial charge in [0, 0.05) is 11.8 Å². The van der Waals surface area contributed by atoms with Crippen LogP contribution in [0.15, 0.2) is 24.3 Å². The fourth-order valence-corrected chi connectivity index (χ4v) is 1.77. The molecule has 0 unspecified atom stereocenters. The molecule has 0 aromatic heterocycles. The summed E-state index contributed by atoms with van der Waals surface area (Å²) in [6.45, 7) is 4.75. The van der Waals surface area contributed by atoms with Crippen LogP contribution in [0.2, 0.25) is 0 Å². The highest BCUT2D eigenvalue weighted by Crippen LogP contribution is 2.16. The molecule has 0 atom stereocenters. The first-order valence-corrected chi connectivity index (χ1v) is 6.56. The lowest BCUT2D eigenvalue weighted by molar-refractivity contribution is -0.117. The van der Waals surface area contributed by atoms with E-state index in [1.807, 2.05) is 25.1 Å². The quantitative estimate of drug-likeness (QED) is 0.743. The van der Waals surface area contributed by atoms with Gasteiger partial charge in [0.2, 0.25) is 5.91 Å². The van der Waals surface area contributed by atoms with Gasteiger partial charge in [0.1, 0.15) is 5.75 Å². The van der Waals surface area contributed by atoms with Crippen LogP contribution in [0.4, 0.5) is 5.69 Å². The second-order valence-electron chi connectivity index (χ2n) is 4.29. The van der Waals surface area contributed by atoms with Crippen molar-refractivity contribution in [3.05, 3.63) is 24.3 Å². The summed E-state index contributed by atoms with van der Waals surface area (Å²) >= 11 is 0. The molecule has 0 aliphatic rings. The molecule has 5 heteroatoms. The third-order valence-corrected chi connectivity index (χ3v) is 2.85. The van der Waals surface area contributed by atoms with E-state index in [0.29, 0.717) is 13.1 Å². The Morgan fingerprint density at radius 2 is 2.26 bits per heavy atom. The Labute approximate surface area is 114 Å². The van der Waals surface area contributed by atoms with Gasteiger partial charge in [-0.2, -0.15) is 0 Å². The fraction of sp³-hybridized carbons (Fsp3) is 0.500. The normalized spacial score (nSPS) is 10.5. The van der Waals surface area contributed by atoms with E-state index in [2.05, 4.69) is 10.2 Å². The smallest absolute Gasteiger partial charge is 0.238 e. The number of carbonyl (C=O) groups excluding carboxylic acids is 1. The van der Waals surface area contributed by atoms with Gasteiger partial charge in [-0.25, -0.2) is 0 Å². The minimum absolute atomic E-state index is 0.0212. The van der Waals surface area contributed by atoms with Crippen molar-refractivity contribution in [2.75, 3.05) is 38.6 Å². The Morgan fingerprint density at radius 1 is 1.47 bits per heavy atom. The zero-order chi connectivity index (χ0) is 14.1. The lowest BCUT2D eigenvalue weighted by atomic mass is 10.3. The topological polar surface area (TPSA) is 67.6 Å². The molecule has 0 bridgehead atoms. The van der Waals surface area contributed by atoms with E-state index in [4.69, 9.17) is 10.5 Å². The molecule has 3 N–H and O–H groups in total. The van der Waals surface area contributed by atoms with Crippen LogP contribution in [0.5, 0.6) is 5.75 Å². The molecule has 1 amide bonds. The third kappa shape index (κ3) is 5.72. The van der Waals surface area contributed by atoms with Crippen molar-refractivity contribution in [1.82, 2.24) is 4.90 Å². The molecular formula is C14H23N3O2. The van der Waals surface area contributed by atoms with E-state index in [1.54, 1.807) is 13.2 Å². The SMILES string of the molecule is CCN(CCCN)CC(=O)Nc1cccc(OC)c1. The van der Waals surface area contributed by atoms with Gasteiger partial charge in [0.05, 0.1) is 13.7 Å². The standard InChI is InChI=1S/C14H23N3O2/c1-3-17(9-5-8-15)11-14(18)16-12-6-4-7-13(10-12)19-2/h4,6-7,10H,3,5,8-9,11,15H2,1-2H3,(H,16,18). The van der Waals surface area contributed by atoms with Crippen molar-refractivity contribution in [3.63, 3.8) is 0 Å². The third-order valence-electron chi connectivity index (χ3n) is 2.85. The summed E-state index contributed by atoms with van der Waals surface area (Å²) in [5.74, 6) is 0.709. The summed E-state index contributed by atoms with van der Waals surface area (Å²) in [5.41, 5.74) is 6.23. The van der Waals surface area contributed by atoms with Crippen molar-refractivity contribution < 1.29 is 9.53 Å². The van der Waals surface area contributed by atoms with Gasteiger partial charge in [-0.1, -0.05) is 13.0 Å². The Kier molecular flexibility index (Phi) is 6.92. The van der Waals surface area contributed by atoms with E-state index < -0.39 is 0 Å². The second-order valence-corrected chi connectivity index (χ2v) is 4.29. The number of amides is 1. The van der Waals surface area contributed by atoms with Gasteiger partial charge < -0.3 is 15.8 Å². The average Bonchev–Trinajstić information content (AvgIpc) is 2.43. The van der Waals surface area contributed by atoms with Crippen LogP contribution in [0.3, 0.4) is 0 Å². The zero-order valence-corrected chi connectivity index (χ0v) is 11.7. The van der Waals surface area contributed by atoms with Gasteiger partial charge in [-0.15, -0.1) is 0 Å². The molecule has 5 nitrogen and oxygen atoms in total. The number of anilines is 1. The predicted molar refractivity (Wildman–Crippen MR) is 77.4 cm³/mol. The number of nitrogens with two attached hydrogens (primary N) is 1. The molecule has 1 rings (SSSR count). The van der Waals surface area contributed by atoms with Gasteiger partial charge in [-0.3, -0.25) is 9.69 Å². The van der Waals surface area contributed by atoms with Gasteiger partial charge in [-0.05, 0) is 38.2 Å². The summed E-state index contributed by atoms with van der Waals surface area (Å²) < 4.78 is 5.12. The summed E-state index contributed by atoms with van der Waals surface area (Å²) in [6, 6.07) is 7.33. The molecule has 0 radical (unpaired) electrons. The van der Waals surface area contributed by atoms with Crippen LogP contribution in [0.1, 0.15) is 13.3 Å². The largest absolute Gasteiger partial charge is 0.497 e. The number of nitrogens with one attached hydrogen (secondary N) is 1. The summed E-state index contributed by atoms with van der Waals surface area (Å²) in [5, 5.41) is 2.87. The molecule has 1 aromatic rings. The molecular weight excluding hydrogens is 242 g/mol. The van der Waals surface area contributed by atoms with E-state index in [9.17, 15) is 4.79 Å². The highest BCUT2D eigenvalue weighted by atomic mass is 16.5. The first-order chi connectivity index (χ1) is 9.19. The molecule has 0 fully saturated rings. The number of methoxy groups -OCH3 is 1. The van der Waals surface area contributed by atoms with Crippen molar-refractivity contribution in [3.8, 4) is 5.75 Å². The maximum atomic E-state index is 11.9. The van der Waals surface area contributed by atoms with Crippen LogP contribution in [0.25, 0.3) is 0 Å². The number of benzene rings is 1. The zero-order valence-electron chi connectivity index (χ0n) is 11.7. The highest BCUT2D eigenvalue weighted by molar-refractivity contribution is 5.92. The maximum absolute atomic E-state index is 11.9. The van der Waals surface area contributed by atoms with Gasteiger partial charge in [0.15, 0.2) is 0 Å². The number of likely N-dealkylation sites (N-methyl/N-ethyl adjacent to an activating group) is 1. The molecule has 19 heavy (non-hydrogen) atoms. The van der Waals surface area contributed by atoms with E-state index >= 15 is 0 Å². The maximum Gasteiger partial charge on any atom is 0.238 e. The molecule has 0 aliphatic carbocycles. The summed E-state index contributed by atoms with van der Waals surface area (Å²) in [4.78, 5) is 14.0. The van der Waals surface area contributed by atoms with Crippen molar-refractivity contribution in [1.29, 1.82) is 0 Å². The van der Waals surface area contributed by atoms with Gasteiger partial charge >= 0.3 is 0 Å². The molecule has 106 valence electrons. The lowest BCUT2D eigenvalue weighted by Gasteiger charge is -2.19. The minimum atomic E-state index is -0.0212. The molecule has 0 saturated carbocycles. The number of hydrogen-bond acceptors (Lipinski definition) is 4. The Balaban J connectivity index is 2.49. The Bertz CT molecular complexity index is 396. The van der Waals surface area contributed by atoms with Crippen molar-refractivity contribution >= 4 is 11.6 Å². The van der Waals surface area contributed by atoms with Crippen LogP contribution in [0, 0.1) is 0 Å². The molecule has 0 saturated heterocycles. The molecule has 1 aromatic carbocycles. The fourth-order valence-electron chi connectivity index (χ4n) is 1.77. The van der Waals surface area contributed by atoms with Crippen molar-refractivity contribution in [2.45, 2.75) is 13.3 Å². The van der Waals surface area contributed by atoms with Crippen LogP contribution in [-0.4, -0.2) is 44.1 Å². The van der Waals surface area contributed by atoms with E-state index in [1.165, 1.54) is 0 Å². The number of rotatable bonds is 8. The number of nitrogens with zero attached hydrogens (tertiary/aromatic N) is 1. The first-order valence-electron chi connectivity index (χ1n) is 6.56. The van der Waals surface area contributed by atoms with Crippen LogP contribution in [-0.2, 0) is 4.79 Å². The Hall–Kier alpha value is -1.59. The van der Waals surface area contributed by atoms with E-state index in [-0.39, 0.29) is 5.91 Å². The summed E-state index contributed by atoms with van der Waals surface area (Å²) in [7, 11) is 1.60. The highest BCUT2D eigenvalue weighted by Gasteiger charge is 2.09.